The van der Waals surface area contributed by atoms with Crippen molar-refractivity contribution in [2.45, 2.75) is 4.36 Å². The van der Waals surface area contributed by atoms with Gasteiger partial charge in [0.15, 0.2) is 0 Å². The van der Waals surface area contributed by atoms with Gasteiger partial charge in [-0.15, -0.1) is 11.6 Å². The van der Waals surface area contributed by atoms with Gasteiger partial charge < -0.3 is 11.6 Å². The molecule has 4 aromatic rings. The fourth-order valence-corrected chi connectivity index (χ4v) is 11.6. The summed E-state index contributed by atoms with van der Waals surface area (Å²) in [5.41, 5.74) is 0. The van der Waals surface area contributed by atoms with Crippen molar-refractivity contribution in [1.82, 2.24) is 0 Å². The predicted molar refractivity (Wildman–Crippen MR) is 137 cm³/mol. The number of halogens is 2. The van der Waals surface area contributed by atoms with Crippen molar-refractivity contribution >= 4 is 60.3 Å². The van der Waals surface area contributed by atoms with Crippen molar-refractivity contribution in [3.63, 3.8) is 0 Å². The van der Waals surface area contributed by atoms with Crippen molar-refractivity contribution in [1.29, 1.82) is 0 Å². The minimum atomic E-state index is -0.976. The maximum Gasteiger partial charge on any atom is 0 e. The maximum absolute atomic E-state index is 7.66. The number of rotatable bonds is 7. The van der Waals surface area contributed by atoms with Crippen LogP contribution in [-0.2, 0) is 16.5 Å². The van der Waals surface area contributed by atoms with Crippen LogP contribution in [0.25, 0.3) is 0 Å². The standard InChI is InChI=1S/C26H21Cl2P2.Ni/c27-21-26(28,29(22-13-5-1-6-14-22)23-15-7-2-8-16-23)30(24-17-9-3-10-18-24)25-19-11-4-12-20-25;/h1-21H;/q-1;. The van der Waals surface area contributed by atoms with E-state index in [2.05, 4.69) is 97.1 Å². The van der Waals surface area contributed by atoms with Crippen LogP contribution < -0.4 is 21.2 Å². The SMILES string of the molecule is Cl[CH-]C(Cl)(P(c1ccccc1)c1ccccc1)P(c1ccccc1)c1ccccc1.[Ni]. The third-order valence-corrected chi connectivity index (χ3v) is 12.7. The summed E-state index contributed by atoms with van der Waals surface area (Å²) in [5.74, 6) is 1.71. The van der Waals surface area contributed by atoms with Gasteiger partial charge in [0.05, 0.1) is 0 Å². The van der Waals surface area contributed by atoms with Crippen LogP contribution in [0, 0.1) is 5.88 Å². The fraction of sp³-hybridized carbons (Fsp3) is 0.0385. The molecule has 0 atom stereocenters. The van der Waals surface area contributed by atoms with E-state index in [0.717, 1.165) is 0 Å². The van der Waals surface area contributed by atoms with Crippen LogP contribution in [0.2, 0.25) is 0 Å². The van der Waals surface area contributed by atoms with Gasteiger partial charge in [0, 0.05) is 16.5 Å². The van der Waals surface area contributed by atoms with Gasteiger partial charge in [-0.3, -0.25) is 0 Å². The van der Waals surface area contributed by atoms with Crippen LogP contribution in [0.3, 0.4) is 0 Å². The molecular weight excluding hydrogens is 504 g/mol. The van der Waals surface area contributed by atoms with Crippen molar-refractivity contribution in [2.75, 3.05) is 0 Å². The van der Waals surface area contributed by atoms with E-state index in [1.54, 1.807) is 5.88 Å². The van der Waals surface area contributed by atoms with E-state index < -0.39 is 20.2 Å². The molecule has 0 unspecified atom stereocenters. The molecule has 0 fully saturated rings. The first-order chi connectivity index (χ1) is 14.7. The molecule has 160 valence electrons. The molecule has 5 heteroatoms. The van der Waals surface area contributed by atoms with E-state index in [9.17, 15) is 0 Å². The van der Waals surface area contributed by atoms with E-state index in [1.165, 1.54) is 21.2 Å². The quantitative estimate of drug-likeness (QED) is 0.111. The zero-order valence-corrected chi connectivity index (χ0v) is 20.9. The monoisotopic (exact) mass is 523 g/mol. The molecule has 0 amide bonds. The average Bonchev–Trinajstić information content (AvgIpc) is 2.82. The molecule has 0 aromatic heterocycles. The van der Waals surface area contributed by atoms with E-state index in [1.807, 2.05) is 24.3 Å². The summed E-state index contributed by atoms with van der Waals surface area (Å²) in [6.45, 7) is 0. The summed E-state index contributed by atoms with van der Waals surface area (Å²) in [7, 11) is -1.95. The zero-order valence-electron chi connectivity index (χ0n) is 16.6. The number of benzene rings is 4. The first kappa shape index (κ1) is 24.5. The summed E-state index contributed by atoms with van der Waals surface area (Å²) in [6.07, 6.45) is 0. The van der Waals surface area contributed by atoms with Crippen LogP contribution in [0.1, 0.15) is 0 Å². The molecule has 0 radical (unpaired) electrons. The Kier molecular flexibility index (Phi) is 9.16. The van der Waals surface area contributed by atoms with Gasteiger partial charge in [0.25, 0.3) is 0 Å². The number of hydrogen-bond acceptors (Lipinski definition) is 0. The van der Waals surface area contributed by atoms with Crippen molar-refractivity contribution in [3.05, 3.63) is 127 Å². The average molecular weight is 525 g/mol. The van der Waals surface area contributed by atoms with Gasteiger partial charge in [-0.05, 0) is 41.4 Å². The topological polar surface area (TPSA) is 0 Å². The Hall–Kier alpha value is -1.19. The second kappa shape index (κ2) is 11.6. The summed E-state index contributed by atoms with van der Waals surface area (Å²) >= 11 is 14.3. The van der Waals surface area contributed by atoms with E-state index in [-0.39, 0.29) is 16.5 Å². The summed E-state index contributed by atoms with van der Waals surface area (Å²) in [6, 6.07) is 42.1. The third kappa shape index (κ3) is 5.42. The van der Waals surface area contributed by atoms with Gasteiger partial charge in [-0.1, -0.05) is 121 Å². The Labute approximate surface area is 207 Å². The van der Waals surface area contributed by atoms with Gasteiger partial charge in [-0.25, -0.2) is 5.88 Å². The molecular formula is C26H21Cl2NiP2-. The molecule has 0 saturated heterocycles. The van der Waals surface area contributed by atoms with Crippen LogP contribution >= 0.6 is 39.0 Å². The number of alkyl halides is 1. The first-order valence-electron chi connectivity index (χ1n) is 9.68. The van der Waals surface area contributed by atoms with Gasteiger partial charge in [-0.2, -0.15) is 0 Å². The second-order valence-corrected chi connectivity index (χ2v) is 13.3. The maximum atomic E-state index is 7.66. The summed E-state index contributed by atoms with van der Waals surface area (Å²) in [5, 5.41) is 4.85. The third-order valence-electron chi connectivity index (χ3n) is 4.82. The Morgan fingerprint density at radius 3 is 0.903 bits per heavy atom. The first-order valence-corrected chi connectivity index (χ1v) is 13.2. The minimum absolute atomic E-state index is 0. The summed E-state index contributed by atoms with van der Waals surface area (Å²) in [4.78, 5) is 0. The molecule has 0 saturated carbocycles. The van der Waals surface area contributed by atoms with Gasteiger partial charge in [0.2, 0.25) is 0 Å². The molecule has 0 spiro atoms. The molecule has 4 aromatic carbocycles. The minimum Gasteiger partial charge on any atom is -0.347 e. The molecule has 4 rings (SSSR count). The van der Waals surface area contributed by atoms with E-state index >= 15 is 0 Å². The van der Waals surface area contributed by atoms with Gasteiger partial charge in [0.1, 0.15) is 0 Å². The predicted octanol–water partition coefficient (Wildman–Crippen LogP) is 6.54. The summed E-state index contributed by atoms with van der Waals surface area (Å²) < 4.78 is -0.766. The molecule has 0 aliphatic rings. The van der Waals surface area contributed by atoms with Crippen LogP contribution in [-0.4, -0.2) is 4.36 Å². The van der Waals surface area contributed by atoms with E-state index in [4.69, 9.17) is 23.2 Å². The van der Waals surface area contributed by atoms with Crippen molar-refractivity contribution < 1.29 is 16.5 Å². The van der Waals surface area contributed by atoms with Crippen molar-refractivity contribution in [3.8, 4) is 0 Å². The Balaban J connectivity index is 0.00000272. The largest absolute Gasteiger partial charge is 0.347 e. The molecule has 0 aliphatic heterocycles. The smallest absolute Gasteiger partial charge is 0 e. The number of hydrogen-bond donors (Lipinski definition) is 0. The van der Waals surface area contributed by atoms with Crippen LogP contribution in [0.15, 0.2) is 121 Å². The fourth-order valence-electron chi connectivity index (χ4n) is 3.53. The van der Waals surface area contributed by atoms with Gasteiger partial charge >= 0.3 is 0 Å². The second-order valence-electron chi connectivity index (χ2n) is 6.76. The normalized spacial score (nSPS) is 11.4. The van der Waals surface area contributed by atoms with E-state index in [0.29, 0.717) is 0 Å². The molecule has 0 N–H and O–H groups in total. The Morgan fingerprint density at radius 1 is 0.484 bits per heavy atom. The molecule has 31 heavy (non-hydrogen) atoms. The molecule has 0 nitrogen and oxygen atoms in total. The zero-order chi connectivity index (χ0) is 20.8. The van der Waals surface area contributed by atoms with Crippen LogP contribution in [0.5, 0.6) is 0 Å². The van der Waals surface area contributed by atoms with Crippen LogP contribution in [0.4, 0.5) is 0 Å². The molecule has 0 aliphatic carbocycles. The molecule has 0 heterocycles. The van der Waals surface area contributed by atoms with Crippen molar-refractivity contribution in [2.24, 2.45) is 0 Å². The Bertz CT molecular complexity index is 886. The molecule has 0 bridgehead atoms. The Morgan fingerprint density at radius 2 is 0.710 bits per heavy atom.